The van der Waals surface area contributed by atoms with Gasteiger partial charge in [0.05, 0.1) is 4.90 Å². The summed E-state index contributed by atoms with van der Waals surface area (Å²) in [5, 5.41) is 8.11. The van der Waals surface area contributed by atoms with E-state index in [1.165, 1.54) is 30.3 Å². The molecule has 2 aromatic rings. The number of carboxylic acid groups (broad SMARTS) is 1. The minimum absolute atomic E-state index is 0.00748. The highest BCUT2D eigenvalue weighted by molar-refractivity contribution is 7.92. The van der Waals surface area contributed by atoms with E-state index in [9.17, 15) is 22.7 Å². The molecule has 1 saturated carbocycles. The summed E-state index contributed by atoms with van der Waals surface area (Å²) in [7, 11) is -3.97. The highest BCUT2D eigenvalue weighted by Crippen LogP contribution is 2.55. The Morgan fingerprint density at radius 2 is 1.83 bits per heavy atom. The second-order valence-electron chi connectivity index (χ2n) is 6.05. The van der Waals surface area contributed by atoms with Gasteiger partial charge in [-0.1, -0.05) is 29.8 Å². The lowest BCUT2D eigenvalue weighted by molar-refractivity contribution is -0.139. The molecule has 1 aliphatic rings. The summed E-state index contributed by atoms with van der Waals surface area (Å²) in [5.41, 5.74) is 5.08. The van der Waals surface area contributed by atoms with Gasteiger partial charge in [0.15, 0.2) is 9.84 Å². The van der Waals surface area contributed by atoms with E-state index in [0.717, 1.165) is 11.6 Å². The smallest absolute Gasteiger partial charge is 0.325 e. The lowest BCUT2D eigenvalue weighted by atomic mass is 10.1. The fourth-order valence-electron chi connectivity index (χ4n) is 3.09. The zero-order chi connectivity index (χ0) is 17.7. The molecule has 3 atom stereocenters. The molecule has 24 heavy (non-hydrogen) atoms. The minimum atomic E-state index is -3.97. The van der Waals surface area contributed by atoms with Gasteiger partial charge in [0.2, 0.25) is 0 Å². The molecule has 0 amide bonds. The van der Waals surface area contributed by atoms with Gasteiger partial charge in [-0.3, -0.25) is 4.79 Å². The summed E-state index contributed by atoms with van der Waals surface area (Å²) < 4.78 is 39.2. The molecule has 5 nitrogen and oxygen atoms in total. The van der Waals surface area contributed by atoms with Crippen LogP contribution in [0.5, 0.6) is 0 Å². The third-order valence-electron chi connectivity index (χ3n) is 4.44. The summed E-state index contributed by atoms with van der Waals surface area (Å²) >= 11 is 0. The van der Waals surface area contributed by atoms with Gasteiger partial charge in [0.25, 0.3) is 0 Å². The van der Waals surface area contributed by atoms with Crippen molar-refractivity contribution >= 4 is 15.8 Å². The van der Waals surface area contributed by atoms with E-state index in [1.807, 2.05) is 6.92 Å². The summed E-state index contributed by atoms with van der Waals surface area (Å²) in [6.45, 7) is 1.81. The van der Waals surface area contributed by atoms with Crippen LogP contribution in [0.3, 0.4) is 0 Å². The molecule has 0 aliphatic heterocycles. The van der Waals surface area contributed by atoms with Crippen LogP contribution in [0.15, 0.2) is 53.4 Å². The molecule has 0 unspecified atom stereocenters. The van der Waals surface area contributed by atoms with E-state index in [1.54, 1.807) is 12.1 Å². The number of aryl methyl sites for hydroxylation is 1. The Bertz CT molecular complexity index is 910. The van der Waals surface area contributed by atoms with Crippen molar-refractivity contribution in [3.05, 3.63) is 65.5 Å². The van der Waals surface area contributed by atoms with E-state index in [-0.39, 0.29) is 10.5 Å². The van der Waals surface area contributed by atoms with Crippen LogP contribution in [-0.2, 0) is 14.6 Å². The molecule has 1 aliphatic carbocycles. The van der Waals surface area contributed by atoms with Gasteiger partial charge in [-0.2, -0.15) is 0 Å². The molecule has 0 radical (unpaired) electrons. The number of nitrogens with two attached hydrogens (primary N) is 1. The number of aliphatic carboxylic acids is 1. The lowest BCUT2D eigenvalue weighted by Crippen LogP contribution is -2.39. The first kappa shape index (κ1) is 16.6. The Morgan fingerprint density at radius 1 is 1.21 bits per heavy atom. The standard InChI is InChI=1S/C17H16FNO4S/c1-10-5-7-13(8-6-10)24(22,23)15-14(17(15,19)16(20)21)11-3-2-4-12(18)9-11/h2-9,14-15H,19H2,1H3,(H,20,21)/t14-,15+,17+/m0/s1. The van der Waals surface area contributed by atoms with Gasteiger partial charge >= 0.3 is 5.97 Å². The zero-order valence-corrected chi connectivity index (χ0v) is 13.6. The first-order valence-electron chi connectivity index (χ1n) is 7.27. The van der Waals surface area contributed by atoms with Crippen molar-refractivity contribution in [3.8, 4) is 0 Å². The maximum absolute atomic E-state index is 13.5. The first-order valence-corrected chi connectivity index (χ1v) is 8.82. The molecule has 0 bridgehead atoms. The van der Waals surface area contributed by atoms with Crippen molar-refractivity contribution in [1.82, 2.24) is 0 Å². The van der Waals surface area contributed by atoms with Crippen LogP contribution in [0.4, 0.5) is 4.39 Å². The lowest BCUT2D eigenvalue weighted by Gasteiger charge is -2.07. The average Bonchev–Trinajstić information content (AvgIpc) is 3.17. The summed E-state index contributed by atoms with van der Waals surface area (Å²) in [5.74, 6) is -2.99. The predicted octanol–water partition coefficient (Wildman–Crippen LogP) is 1.86. The Hall–Kier alpha value is -2.25. The fraction of sp³-hybridized carbons (Fsp3) is 0.235. The third kappa shape index (κ3) is 2.40. The van der Waals surface area contributed by atoms with Gasteiger partial charge in [-0.15, -0.1) is 0 Å². The molecule has 0 saturated heterocycles. The van der Waals surface area contributed by atoms with Gasteiger partial charge in [0.1, 0.15) is 16.6 Å². The van der Waals surface area contributed by atoms with Crippen molar-refractivity contribution in [3.63, 3.8) is 0 Å². The second kappa shape index (κ2) is 5.39. The number of sulfone groups is 1. The largest absolute Gasteiger partial charge is 0.480 e. The number of hydrogen-bond donors (Lipinski definition) is 2. The van der Waals surface area contributed by atoms with E-state index in [0.29, 0.717) is 0 Å². The predicted molar refractivity (Wildman–Crippen MR) is 85.8 cm³/mol. The Labute approximate surface area is 138 Å². The molecular formula is C17H16FNO4S. The van der Waals surface area contributed by atoms with Crippen LogP contribution in [0.2, 0.25) is 0 Å². The van der Waals surface area contributed by atoms with Crippen LogP contribution >= 0.6 is 0 Å². The zero-order valence-electron chi connectivity index (χ0n) is 12.8. The van der Waals surface area contributed by atoms with Crippen LogP contribution in [0, 0.1) is 12.7 Å². The maximum atomic E-state index is 13.5. The minimum Gasteiger partial charge on any atom is -0.480 e. The van der Waals surface area contributed by atoms with Gasteiger partial charge in [0, 0.05) is 5.92 Å². The number of rotatable bonds is 4. The number of halogens is 1. The summed E-state index contributed by atoms with van der Waals surface area (Å²) in [4.78, 5) is 11.6. The average molecular weight is 349 g/mol. The molecule has 0 spiro atoms. The van der Waals surface area contributed by atoms with Crippen molar-refractivity contribution < 1.29 is 22.7 Å². The highest BCUT2D eigenvalue weighted by Gasteiger charge is 2.74. The van der Waals surface area contributed by atoms with Crippen LogP contribution in [-0.4, -0.2) is 30.3 Å². The molecule has 126 valence electrons. The van der Waals surface area contributed by atoms with Gasteiger partial charge < -0.3 is 10.8 Å². The number of benzene rings is 2. The van der Waals surface area contributed by atoms with E-state index in [2.05, 4.69) is 0 Å². The van der Waals surface area contributed by atoms with E-state index in [4.69, 9.17) is 5.73 Å². The summed E-state index contributed by atoms with van der Waals surface area (Å²) in [6, 6.07) is 11.3. The molecule has 0 heterocycles. The quantitative estimate of drug-likeness (QED) is 0.878. The summed E-state index contributed by atoms with van der Waals surface area (Å²) in [6.07, 6.45) is 0. The number of hydrogen-bond acceptors (Lipinski definition) is 4. The number of carboxylic acids is 1. The Kier molecular flexibility index (Phi) is 3.73. The highest BCUT2D eigenvalue weighted by atomic mass is 32.2. The van der Waals surface area contributed by atoms with E-state index < -0.39 is 38.3 Å². The molecule has 2 aromatic carbocycles. The van der Waals surface area contributed by atoms with Crippen LogP contribution in [0.25, 0.3) is 0 Å². The van der Waals surface area contributed by atoms with Crippen LogP contribution < -0.4 is 5.73 Å². The fourth-order valence-corrected chi connectivity index (χ4v) is 5.32. The van der Waals surface area contributed by atoms with Crippen molar-refractivity contribution in [2.24, 2.45) is 5.73 Å². The molecule has 3 rings (SSSR count). The molecular weight excluding hydrogens is 333 g/mol. The first-order chi connectivity index (χ1) is 11.2. The maximum Gasteiger partial charge on any atom is 0.325 e. The third-order valence-corrected chi connectivity index (χ3v) is 6.70. The molecule has 1 fully saturated rings. The molecule has 7 heteroatoms. The second-order valence-corrected chi connectivity index (χ2v) is 8.12. The topological polar surface area (TPSA) is 97.5 Å². The Balaban J connectivity index is 2.08. The van der Waals surface area contributed by atoms with Gasteiger partial charge in [-0.25, -0.2) is 12.8 Å². The van der Waals surface area contributed by atoms with Crippen LogP contribution in [0.1, 0.15) is 17.0 Å². The van der Waals surface area contributed by atoms with Crippen molar-refractivity contribution in [1.29, 1.82) is 0 Å². The van der Waals surface area contributed by atoms with E-state index >= 15 is 0 Å². The monoisotopic (exact) mass is 349 g/mol. The van der Waals surface area contributed by atoms with Crippen molar-refractivity contribution in [2.75, 3.05) is 0 Å². The number of carbonyl (C=O) groups is 1. The SMILES string of the molecule is Cc1ccc(S(=O)(=O)[C@@H]2[C@H](c3cccc(F)c3)[C@]2(N)C(=O)O)cc1. The normalized spacial score (nSPS) is 26.1. The Morgan fingerprint density at radius 3 is 2.38 bits per heavy atom. The van der Waals surface area contributed by atoms with Crippen molar-refractivity contribution in [2.45, 2.75) is 28.5 Å². The molecule has 3 N–H and O–H groups in total. The molecule has 0 aromatic heterocycles. The van der Waals surface area contributed by atoms with Gasteiger partial charge in [-0.05, 0) is 36.8 Å².